The molecule has 0 aliphatic carbocycles. The normalized spacial score (nSPS) is 13.2. The minimum absolute atomic E-state index is 0.163. The van der Waals surface area contributed by atoms with Gasteiger partial charge in [-0.25, -0.2) is 18.1 Å². The van der Waals surface area contributed by atoms with Crippen LogP contribution in [-0.4, -0.2) is 35.1 Å². The van der Waals surface area contributed by atoms with Gasteiger partial charge in [-0.1, -0.05) is 0 Å². The van der Waals surface area contributed by atoms with Gasteiger partial charge in [-0.3, -0.25) is 4.79 Å². The molecule has 0 fully saturated rings. The number of nitrogens with one attached hydrogen (secondary N) is 2. The summed E-state index contributed by atoms with van der Waals surface area (Å²) in [7, 11) is -4.16. The van der Waals surface area contributed by atoms with Gasteiger partial charge in [0.15, 0.2) is 0 Å². The zero-order chi connectivity index (χ0) is 17.9. The molecule has 24 heavy (non-hydrogen) atoms. The van der Waals surface area contributed by atoms with E-state index in [0.717, 1.165) is 6.20 Å². The van der Waals surface area contributed by atoms with Crippen molar-refractivity contribution in [1.29, 1.82) is 0 Å². The lowest BCUT2D eigenvalue weighted by Crippen LogP contribution is -2.44. The fourth-order valence-corrected chi connectivity index (χ4v) is 3.80. The van der Waals surface area contributed by atoms with Crippen molar-refractivity contribution in [1.82, 2.24) is 24.8 Å². The highest BCUT2D eigenvalue weighted by Crippen LogP contribution is 2.19. The van der Waals surface area contributed by atoms with E-state index in [1.165, 1.54) is 25.2 Å². The molecule has 0 bridgehead atoms. The Hall–Kier alpha value is -1.92. The van der Waals surface area contributed by atoms with Gasteiger partial charge in [-0.05, 0) is 13.8 Å². The maximum absolute atomic E-state index is 12.7. The van der Waals surface area contributed by atoms with Crippen LogP contribution >= 0.6 is 11.3 Å². The van der Waals surface area contributed by atoms with Gasteiger partial charge in [-0.2, -0.15) is 18.6 Å². The third-order valence-electron chi connectivity index (χ3n) is 3.13. The summed E-state index contributed by atoms with van der Waals surface area (Å²) in [6.45, 7) is -0.231. The molecule has 0 radical (unpaired) electrons. The Morgan fingerprint density at radius 1 is 1.46 bits per heavy atom. The number of hydrogen-bond acceptors (Lipinski definition) is 6. The second-order valence-corrected chi connectivity index (χ2v) is 7.26. The number of sulfonamides is 1. The maximum Gasteiger partial charge on any atom is 0.333 e. The number of amides is 1. The van der Waals surface area contributed by atoms with Crippen molar-refractivity contribution < 1.29 is 22.0 Å². The van der Waals surface area contributed by atoms with Gasteiger partial charge in [0.2, 0.25) is 15.9 Å². The Morgan fingerprint density at radius 3 is 2.71 bits per heavy atom. The number of halogens is 2. The Morgan fingerprint density at radius 2 is 2.17 bits per heavy atom. The lowest BCUT2D eigenvalue weighted by atomic mass is 10.3. The highest BCUT2D eigenvalue weighted by atomic mass is 32.2. The van der Waals surface area contributed by atoms with E-state index in [9.17, 15) is 22.0 Å². The third kappa shape index (κ3) is 4.13. The zero-order valence-electron chi connectivity index (χ0n) is 12.7. The molecule has 0 aromatic carbocycles. The maximum atomic E-state index is 12.7. The number of hydrogen-bond donors (Lipinski definition) is 2. The molecule has 12 heteroatoms. The average molecular weight is 379 g/mol. The van der Waals surface area contributed by atoms with E-state index in [4.69, 9.17) is 0 Å². The van der Waals surface area contributed by atoms with Crippen LogP contribution < -0.4 is 10.0 Å². The van der Waals surface area contributed by atoms with E-state index in [1.54, 1.807) is 10.9 Å². The Bertz CT molecular complexity index is 805. The van der Waals surface area contributed by atoms with Crippen LogP contribution in [0.1, 0.15) is 24.9 Å². The molecule has 0 aliphatic heterocycles. The topological polar surface area (TPSA) is 106 Å². The van der Waals surface area contributed by atoms with E-state index in [2.05, 4.69) is 20.1 Å². The van der Waals surface area contributed by atoms with Gasteiger partial charge in [0.1, 0.15) is 4.90 Å². The fraction of sp³-hybridized carbons (Fsp3) is 0.417. The standard InChI is InChI=1S/C12H15F2N5O3S2/c1-7(11(20)15-3-9-5-23-6-16-9)18-24(21,22)10-4-17-19(8(10)2)12(13)14/h4-7,12,18H,3H2,1-2H3,(H,15,20). The minimum Gasteiger partial charge on any atom is -0.349 e. The number of aromatic nitrogens is 3. The van der Waals surface area contributed by atoms with Crippen molar-refractivity contribution in [2.75, 3.05) is 0 Å². The third-order valence-corrected chi connectivity index (χ3v) is 5.41. The first-order valence-corrected chi connectivity index (χ1v) is 9.14. The van der Waals surface area contributed by atoms with E-state index >= 15 is 0 Å². The van der Waals surface area contributed by atoms with Crippen molar-refractivity contribution in [2.45, 2.75) is 37.9 Å². The van der Waals surface area contributed by atoms with Crippen LogP contribution in [0, 0.1) is 6.92 Å². The summed E-state index contributed by atoms with van der Waals surface area (Å²) in [4.78, 5) is 15.5. The van der Waals surface area contributed by atoms with Crippen molar-refractivity contribution >= 4 is 27.3 Å². The summed E-state index contributed by atoms with van der Waals surface area (Å²) in [5, 5.41) is 7.63. The second kappa shape index (κ2) is 7.32. The number of rotatable bonds is 7. The molecule has 0 spiro atoms. The Kier molecular flexibility index (Phi) is 5.62. The fourth-order valence-electron chi connectivity index (χ4n) is 1.87. The molecular weight excluding hydrogens is 364 g/mol. The number of nitrogens with zero attached hydrogens (tertiary/aromatic N) is 3. The molecule has 2 N–H and O–H groups in total. The van der Waals surface area contributed by atoms with Crippen LogP contribution in [0.25, 0.3) is 0 Å². The van der Waals surface area contributed by atoms with Gasteiger partial charge >= 0.3 is 6.55 Å². The molecule has 0 aliphatic rings. The van der Waals surface area contributed by atoms with Crippen LogP contribution in [0.2, 0.25) is 0 Å². The molecule has 1 unspecified atom stereocenters. The van der Waals surface area contributed by atoms with Gasteiger partial charge in [0, 0.05) is 5.38 Å². The molecule has 8 nitrogen and oxygen atoms in total. The van der Waals surface area contributed by atoms with Gasteiger partial charge < -0.3 is 5.32 Å². The number of carbonyl (C=O) groups excluding carboxylic acids is 1. The summed E-state index contributed by atoms with van der Waals surface area (Å²) in [6.07, 6.45) is 0.823. The summed E-state index contributed by atoms with van der Waals surface area (Å²) < 4.78 is 52.2. The highest BCUT2D eigenvalue weighted by Gasteiger charge is 2.27. The summed E-state index contributed by atoms with van der Waals surface area (Å²) >= 11 is 1.37. The summed E-state index contributed by atoms with van der Waals surface area (Å²) in [6, 6.07) is -1.09. The van der Waals surface area contributed by atoms with E-state index in [0.29, 0.717) is 10.4 Å². The SMILES string of the molecule is Cc1c(S(=O)(=O)NC(C)C(=O)NCc2cscn2)cnn1C(F)F. The van der Waals surface area contributed by atoms with Crippen LogP contribution in [0.5, 0.6) is 0 Å². The molecular formula is C12H15F2N5O3S2. The van der Waals surface area contributed by atoms with E-state index in [-0.39, 0.29) is 12.2 Å². The van der Waals surface area contributed by atoms with Crippen molar-refractivity contribution in [3.05, 3.63) is 28.5 Å². The van der Waals surface area contributed by atoms with Crippen molar-refractivity contribution in [3.63, 3.8) is 0 Å². The Labute approximate surface area is 140 Å². The first-order valence-electron chi connectivity index (χ1n) is 6.71. The predicted molar refractivity (Wildman–Crippen MR) is 82.0 cm³/mol. The highest BCUT2D eigenvalue weighted by molar-refractivity contribution is 7.89. The quantitative estimate of drug-likeness (QED) is 0.747. The first kappa shape index (κ1) is 18.4. The van der Waals surface area contributed by atoms with Crippen LogP contribution in [0.3, 0.4) is 0 Å². The van der Waals surface area contributed by atoms with Gasteiger partial charge in [0.05, 0.1) is 35.7 Å². The van der Waals surface area contributed by atoms with Gasteiger partial charge in [-0.15, -0.1) is 11.3 Å². The summed E-state index contributed by atoms with van der Waals surface area (Å²) in [5.41, 5.74) is 2.04. The van der Waals surface area contributed by atoms with Crippen LogP contribution in [0.4, 0.5) is 8.78 Å². The molecule has 1 atom stereocenters. The van der Waals surface area contributed by atoms with Crippen LogP contribution in [0.15, 0.2) is 22.0 Å². The predicted octanol–water partition coefficient (Wildman–Crippen LogP) is 1.03. The van der Waals surface area contributed by atoms with Crippen LogP contribution in [-0.2, 0) is 21.4 Å². The molecule has 132 valence electrons. The lowest BCUT2D eigenvalue weighted by molar-refractivity contribution is -0.122. The number of alkyl halides is 2. The minimum atomic E-state index is -4.16. The molecule has 1 amide bonds. The molecule has 2 aromatic heterocycles. The average Bonchev–Trinajstić information content (AvgIpc) is 3.13. The van der Waals surface area contributed by atoms with Crippen molar-refractivity contribution in [3.8, 4) is 0 Å². The molecule has 2 rings (SSSR count). The monoisotopic (exact) mass is 379 g/mol. The molecule has 0 saturated carbocycles. The van der Waals surface area contributed by atoms with E-state index < -0.39 is 33.4 Å². The van der Waals surface area contributed by atoms with Gasteiger partial charge in [0.25, 0.3) is 0 Å². The van der Waals surface area contributed by atoms with Crippen molar-refractivity contribution in [2.24, 2.45) is 0 Å². The number of carbonyl (C=O) groups is 1. The largest absolute Gasteiger partial charge is 0.349 e. The Balaban J connectivity index is 2.04. The zero-order valence-corrected chi connectivity index (χ0v) is 14.4. The van der Waals surface area contributed by atoms with E-state index in [1.807, 2.05) is 0 Å². The first-order chi connectivity index (χ1) is 11.2. The summed E-state index contributed by atoms with van der Waals surface area (Å²) in [5.74, 6) is -0.564. The molecule has 2 aromatic rings. The molecule has 0 saturated heterocycles. The molecule has 2 heterocycles. The smallest absolute Gasteiger partial charge is 0.333 e. The lowest BCUT2D eigenvalue weighted by Gasteiger charge is -2.14. The second-order valence-electron chi connectivity index (χ2n) is 4.86. The number of thiazole rings is 1.